The highest BCUT2D eigenvalue weighted by molar-refractivity contribution is 9.10. The molecule has 2 fully saturated rings. The predicted molar refractivity (Wildman–Crippen MR) is 186 cm³/mol. The minimum absolute atomic E-state index is 0.00950. The van der Waals surface area contributed by atoms with Gasteiger partial charge in [-0.25, -0.2) is 4.39 Å². The Hall–Kier alpha value is -3.57. The molecule has 2 amide bonds. The van der Waals surface area contributed by atoms with Crippen LogP contribution in [0.3, 0.4) is 0 Å². The molecule has 1 saturated heterocycles. The number of nitrogens with zero attached hydrogens (tertiary/aromatic N) is 2. The van der Waals surface area contributed by atoms with Crippen molar-refractivity contribution in [2.24, 2.45) is 0 Å². The highest BCUT2D eigenvalue weighted by Gasteiger charge is 2.43. The highest BCUT2D eigenvalue weighted by atomic mass is 79.9. The van der Waals surface area contributed by atoms with Crippen LogP contribution < -0.4 is 10.1 Å². The maximum absolute atomic E-state index is 14.7. The highest BCUT2D eigenvalue weighted by Crippen LogP contribution is 2.38. The number of ether oxygens (including phenoxy) is 1. The monoisotopic (exact) mass is 719 g/mol. The first-order valence-corrected chi connectivity index (χ1v) is 17.6. The van der Waals surface area contributed by atoms with Crippen LogP contribution in [0.2, 0.25) is 0 Å². The number of hydrogen-bond donors (Lipinski definition) is 3. The number of aliphatic hydroxyl groups excluding tert-OH is 2. The summed E-state index contributed by atoms with van der Waals surface area (Å²) >= 11 is 3.40. The van der Waals surface area contributed by atoms with E-state index < -0.39 is 6.10 Å². The van der Waals surface area contributed by atoms with Gasteiger partial charge in [0.05, 0.1) is 29.8 Å². The number of nitrogens with one attached hydrogen (secondary N) is 1. The molecule has 48 heavy (non-hydrogen) atoms. The van der Waals surface area contributed by atoms with Crippen LogP contribution in [0, 0.1) is 5.82 Å². The Morgan fingerprint density at radius 2 is 1.83 bits per heavy atom. The zero-order valence-electron chi connectivity index (χ0n) is 27.2. The van der Waals surface area contributed by atoms with Gasteiger partial charge in [0.25, 0.3) is 5.91 Å². The van der Waals surface area contributed by atoms with Gasteiger partial charge in [0.1, 0.15) is 11.6 Å². The fraction of sp³-hybridized carbons (Fsp3) is 0.421. The maximum Gasteiger partial charge on any atom is 0.252 e. The number of benzene rings is 3. The molecule has 0 spiro atoms. The van der Waals surface area contributed by atoms with Gasteiger partial charge in [-0.1, -0.05) is 48.5 Å². The number of aryl methyl sites for hydroxylation is 1. The number of amides is 2. The van der Waals surface area contributed by atoms with Crippen molar-refractivity contribution in [3.05, 3.63) is 105 Å². The first kappa shape index (κ1) is 34.3. The van der Waals surface area contributed by atoms with E-state index in [1.165, 1.54) is 12.1 Å². The third kappa shape index (κ3) is 8.17. The molecule has 254 valence electrons. The molecule has 3 aromatic carbocycles. The van der Waals surface area contributed by atoms with Crippen molar-refractivity contribution < 1.29 is 28.9 Å². The molecule has 3 atom stereocenters. The molecule has 1 saturated carbocycles. The van der Waals surface area contributed by atoms with Crippen molar-refractivity contribution in [3.63, 3.8) is 0 Å². The summed E-state index contributed by atoms with van der Waals surface area (Å²) in [4.78, 5) is 31.0. The summed E-state index contributed by atoms with van der Waals surface area (Å²) < 4.78 is 20.1. The standard InChI is InChI=1S/C38H43BrFN3O5/c1-24(45)42-21-30-19-33(26-10-8-25(9-11-26)5-4-16-48-36-18-29(40)12-15-34(36)39)37(35(22-42)41-30)38(47)43(31-13-14-31)20-28-7-3-2-6-27(28)17-32(46)23-44/h2-3,6-12,15,18,30-32,35,41,44,46H,4-5,13-14,16-17,19-23H2,1H3/t30-,32-,35-/m1/s1. The van der Waals surface area contributed by atoms with Crippen LogP contribution in [0.25, 0.3) is 5.57 Å². The molecule has 10 heteroatoms. The molecule has 0 radical (unpaired) electrons. The largest absolute Gasteiger partial charge is 0.492 e. The van der Waals surface area contributed by atoms with Crippen LogP contribution >= 0.6 is 15.9 Å². The molecule has 3 aliphatic rings. The second-order valence-electron chi connectivity index (χ2n) is 13.1. The van der Waals surface area contributed by atoms with Gasteiger partial charge in [-0.3, -0.25) is 9.59 Å². The predicted octanol–water partition coefficient (Wildman–Crippen LogP) is 5.03. The third-order valence-corrected chi connectivity index (χ3v) is 10.2. The molecule has 3 N–H and O–H groups in total. The van der Waals surface area contributed by atoms with Crippen LogP contribution in [0.15, 0.2) is 76.8 Å². The molecule has 3 aromatic rings. The number of hydrogen-bond acceptors (Lipinski definition) is 6. The second kappa shape index (κ2) is 15.3. The van der Waals surface area contributed by atoms with Crippen molar-refractivity contribution in [3.8, 4) is 5.75 Å². The minimum Gasteiger partial charge on any atom is -0.492 e. The molecule has 1 aliphatic carbocycles. The molecule has 2 aliphatic heterocycles. The van der Waals surface area contributed by atoms with Gasteiger partial charge in [-0.05, 0) is 88.0 Å². The van der Waals surface area contributed by atoms with Crippen LogP contribution in [-0.2, 0) is 29.0 Å². The van der Waals surface area contributed by atoms with E-state index >= 15 is 0 Å². The Morgan fingerprint density at radius 3 is 2.54 bits per heavy atom. The van der Waals surface area contributed by atoms with Crippen LogP contribution in [0.1, 0.15) is 54.9 Å². The summed E-state index contributed by atoms with van der Waals surface area (Å²) in [6.45, 7) is 3.16. The Kier molecular flexibility index (Phi) is 10.9. The zero-order chi connectivity index (χ0) is 33.8. The number of halogens is 2. The summed E-state index contributed by atoms with van der Waals surface area (Å²) in [6, 6.07) is 20.5. The molecular weight excluding hydrogens is 677 g/mol. The number of carbonyl (C=O) groups is 2. The van der Waals surface area contributed by atoms with Gasteiger partial charge in [0, 0.05) is 56.7 Å². The van der Waals surface area contributed by atoms with E-state index in [9.17, 15) is 24.2 Å². The van der Waals surface area contributed by atoms with E-state index in [1.807, 2.05) is 34.1 Å². The molecular formula is C38H43BrFN3O5. The van der Waals surface area contributed by atoms with Crippen molar-refractivity contribution >= 4 is 33.3 Å². The van der Waals surface area contributed by atoms with Crippen molar-refractivity contribution in [1.82, 2.24) is 15.1 Å². The van der Waals surface area contributed by atoms with Gasteiger partial charge in [-0.2, -0.15) is 0 Å². The third-order valence-electron chi connectivity index (χ3n) is 9.52. The number of aliphatic hydroxyl groups is 2. The lowest BCUT2D eigenvalue weighted by Crippen LogP contribution is -2.61. The van der Waals surface area contributed by atoms with Crippen molar-refractivity contribution in [2.75, 3.05) is 26.3 Å². The first-order valence-electron chi connectivity index (χ1n) is 16.8. The summed E-state index contributed by atoms with van der Waals surface area (Å²) in [5.74, 6) is 0.141. The average Bonchev–Trinajstić information content (AvgIpc) is 3.93. The van der Waals surface area contributed by atoms with Gasteiger partial charge < -0.3 is 30.1 Å². The Bertz CT molecular complexity index is 1660. The zero-order valence-corrected chi connectivity index (χ0v) is 28.8. The normalized spacial score (nSPS) is 19.6. The van der Waals surface area contributed by atoms with Crippen LogP contribution in [-0.4, -0.2) is 82.4 Å². The number of rotatable bonds is 13. The maximum atomic E-state index is 14.7. The minimum atomic E-state index is -0.865. The Morgan fingerprint density at radius 1 is 1.08 bits per heavy atom. The van der Waals surface area contributed by atoms with E-state index in [1.54, 1.807) is 13.0 Å². The van der Waals surface area contributed by atoms with Crippen molar-refractivity contribution in [2.45, 2.75) is 76.2 Å². The number of carbonyl (C=O) groups excluding carboxylic acids is 2. The molecule has 2 heterocycles. The molecule has 6 rings (SSSR count). The van der Waals surface area contributed by atoms with Crippen molar-refractivity contribution in [1.29, 1.82) is 0 Å². The van der Waals surface area contributed by atoms with E-state index in [0.717, 1.165) is 63.6 Å². The smallest absolute Gasteiger partial charge is 0.252 e. The fourth-order valence-electron chi connectivity index (χ4n) is 6.86. The molecule has 2 bridgehead atoms. The molecule has 0 unspecified atom stereocenters. The summed E-state index contributed by atoms with van der Waals surface area (Å²) in [5, 5.41) is 23.3. The quantitative estimate of drug-likeness (QED) is 0.214. The molecule has 0 aromatic heterocycles. The SMILES string of the molecule is CC(=O)N1C[C@H]2CC(c3ccc(CCCOc4cc(F)ccc4Br)cc3)=C(C(=O)N(Cc3ccccc3C[C@@H](O)CO)C3CC3)[C@@H](C1)N2. The topological polar surface area (TPSA) is 102 Å². The lowest BCUT2D eigenvalue weighted by molar-refractivity contribution is -0.132. The van der Waals surface area contributed by atoms with Gasteiger partial charge >= 0.3 is 0 Å². The second-order valence-corrected chi connectivity index (χ2v) is 14.0. The van der Waals surface area contributed by atoms with Gasteiger partial charge in [-0.15, -0.1) is 0 Å². The van der Waals surface area contributed by atoms with Gasteiger partial charge in [0.2, 0.25) is 5.91 Å². The summed E-state index contributed by atoms with van der Waals surface area (Å²) in [7, 11) is 0. The Labute approximate surface area is 289 Å². The van der Waals surface area contributed by atoms with E-state index in [0.29, 0.717) is 44.8 Å². The number of piperazine rings is 1. The lowest BCUT2D eigenvalue weighted by Gasteiger charge is -2.44. The Balaban J connectivity index is 1.24. The van der Waals surface area contributed by atoms with Crippen LogP contribution in [0.4, 0.5) is 4.39 Å². The van der Waals surface area contributed by atoms with E-state index in [2.05, 4.69) is 45.5 Å². The summed E-state index contributed by atoms with van der Waals surface area (Å²) in [6.07, 6.45) is 3.50. The first-order chi connectivity index (χ1) is 23.2. The molecule has 8 nitrogen and oxygen atoms in total. The van der Waals surface area contributed by atoms with E-state index in [4.69, 9.17) is 4.74 Å². The van der Waals surface area contributed by atoms with E-state index in [-0.39, 0.29) is 42.4 Å². The van der Waals surface area contributed by atoms with Crippen LogP contribution in [0.5, 0.6) is 5.75 Å². The number of fused-ring (bicyclic) bond motifs is 2. The average molecular weight is 721 g/mol. The lowest BCUT2D eigenvalue weighted by atomic mass is 9.82. The fourth-order valence-corrected chi connectivity index (χ4v) is 7.22. The summed E-state index contributed by atoms with van der Waals surface area (Å²) in [5.41, 5.74) is 5.78. The van der Waals surface area contributed by atoms with Gasteiger partial charge in [0.15, 0.2) is 0 Å².